The van der Waals surface area contributed by atoms with E-state index in [1.54, 1.807) is 24.3 Å². The fourth-order valence-corrected chi connectivity index (χ4v) is 5.31. The van der Waals surface area contributed by atoms with Crippen LogP contribution in [0.5, 0.6) is 5.75 Å². The van der Waals surface area contributed by atoms with E-state index in [4.69, 9.17) is 14.6 Å². The molecular weight excluding hydrogens is 466 g/mol. The number of amides is 1. The van der Waals surface area contributed by atoms with Crippen molar-refractivity contribution >= 4 is 61.2 Å². The van der Waals surface area contributed by atoms with E-state index in [-0.39, 0.29) is 37.9 Å². The molecule has 3 heterocycles. The molecule has 11 heteroatoms. The number of aliphatic imine (C=N–C) groups is 1. The number of hydrogen-bond donors (Lipinski definition) is 1. The van der Waals surface area contributed by atoms with Gasteiger partial charge in [-0.25, -0.2) is 8.42 Å². The number of ether oxygens (including phenoxy) is 1. The van der Waals surface area contributed by atoms with Crippen LogP contribution in [0.15, 0.2) is 72.2 Å². The van der Waals surface area contributed by atoms with Crippen molar-refractivity contribution in [2.75, 3.05) is 18.3 Å². The molecule has 1 aromatic heterocycles. The van der Waals surface area contributed by atoms with Crippen molar-refractivity contribution in [1.82, 2.24) is 0 Å². The largest absolute Gasteiger partial charge is 0.497 e. The van der Waals surface area contributed by atoms with Gasteiger partial charge in [-0.05, 0) is 54.2 Å². The summed E-state index contributed by atoms with van der Waals surface area (Å²) in [7, 11) is -1.94. The summed E-state index contributed by atoms with van der Waals surface area (Å²) >= 11 is 1.10. The summed E-state index contributed by atoms with van der Waals surface area (Å²) in [6.07, 6.45) is 3.62. The Morgan fingerprint density at radius 3 is 2.70 bits per heavy atom. The van der Waals surface area contributed by atoms with Gasteiger partial charge < -0.3 is 9.15 Å². The molecule has 2 aromatic carbocycles. The Kier molecular flexibility index (Phi) is 4.76. The highest BCUT2D eigenvalue weighted by Crippen LogP contribution is 2.44. The predicted molar refractivity (Wildman–Crippen MR) is 125 cm³/mol. The molecule has 3 aromatic rings. The lowest BCUT2D eigenvalue weighted by molar-refractivity contribution is -0.113. The minimum absolute atomic E-state index is 0.0852. The van der Waals surface area contributed by atoms with E-state index in [9.17, 15) is 18.0 Å². The monoisotopic (exact) mass is 481 g/mol. The number of nitrogens with zero attached hydrogens (tertiary/aromatic N) is 2. The summed E-state index contributed by atoms with van der Waals surface area (Å²) < 4.78 is 34.5. The van der Waals surface area contributed by atoms with Crippen molar-refractivity contribution in [3.05, 3.63) is 64.0 Å². The maximum Gasteiger partial charge on any atom is 0.283 e. The fourth-order valence-electron chi connectivity index (χ4n) is 3.53. The van der Waals surface area contributed by atoms with Crippen LogP contribution in [0, 0.1) is 5.41 Å². The van der Waals surface area contributed by atoms with Crippen LogP contribution in [-0.4, -0.2) is 38.7 Å². The summed E-state index contributed by atoms with van der Waals surface area (Å²) in [5.74, 6) is -0.372. The van der Waals surface area contributed by atoms with Gasteiger partial charge in [-0.3, -0.25) is 19.9 Å². The van der Waals surface area contributed by atoms with E-state index in [2.05, 4.69) is 4.99 Å². The van der Waals surface area contributed by atoms with Crippen LogP contribution in [0.3, 0.4) is 0 Å². The summed E-state index contributed by atoms with van der Waals surface area (Å²) in [4.78, 5) is 31.9. The van der Waals surface area contributed by atoms with Crippen LogP contribution >= 0.6 is 11.8 Å². The molecular formula is C22H15N3O6S2. The molecule has 0 fully saturated rings. The number of hydrogen-bond acceptors (Lipinski definition) is 8. The van der Waals surface area contributed by atoms with Crippen molar-refractivity contribution in [2.45, 2.75) is 9.79 Å². The lowest BCUT2D eigenvalue weighted by Crippen LogP contribution is -2.39. The molecule has 0 bridgehead atoms. The lowest BCUT2D eigenvalue weighted by atomic mass is 10.1. The molecule has 0 saturated heterocycles. The predicted octanol–water partition coefficient (Wildman–Crippen LogP) is 3.07. The van der Waals surface area contributed by atoms with Crippen molar-refractivity contribution in [3.63, 3.8) is 0 Å². The van der Waals surface area contributed by atoms with Gasteiger partial charge in [0.1, 0.15) is 23.4 Å². The van der Waals surface area contributed by atoms with Crippen LogP contribution in [0.25, 0.3) is 17.0 Å². The van der Waals surface area contributed by atoms with Crippen molar-refractivity contribution < 1.29 is 22.4 Å². The quantitative estimate of drug-likeness (QED) is 0.565. The van der Waals surface area contributed by atoms with E-state index < -0.39 is 15.7 Å². The third kappa shape index (κ3) is 3.45. The number of fused-ring (bicyclic) bond motifs is 4. The standard InChI is InChI=1S/C22H15N3O6S2/c1-30-12-3-6-17-14(8-12)19(26)11(10-31-17)7-15-20(23)25-16-5-4-13(33(2,28)29)9-18(16)32-22(25)24-21(15)27/h3-10,23H,1-2H3. The van der Waals surface area contributed by atoms with Gasteiger partial charge in [0.2, 0.25) is 0 Å². The molecule has 0 spiro atoms. The molecule has 0 saturated carbocycles. The molecule has 9 nitrogen and oxygen atoms in total. The SMILES string of the molecule is COc1ccc2occ(C=C3C(=N)N4C(=NC3=O)Sc3cc(S(C)(=O)=O)ccc34)c(=O)c2c1. The Bertz CT molecular complexity index is 1620. The van der Waals surface area contributed by atoms with Gasteiger partial charge in [0, 0.05) is 11.2 Å². The molecule has 0 radical (unpaired) electrons. The van der Waals surface area contributed by atoms with Crippen LogP contribution in [0.2, 0.25) is 0 Å². The number of amidine groups is 2. The van der Waals surface area contributed by atoms with E-state index in [0.29, 0.717) is 21.9 Å². The zero-order chi connectivity index (χ0) is 23.5. The van der Waals surface area contributed by atoms with Crippen LogP contribution < -0.4 is 15.1 Å². The molecule has 33 heavy (non-hydrogen) atoms. The second-order valence-electron chi connectivity index (χ2n) is 7.33. The van der Waals surface area contributed by atoms with Crippen LogP contribution in [0.4, 0.5) is 5.69 Å². The molecule has 2 aliphatic heterocycles. The zero-order valence-electron chi connectivity index (χ0n) is 17.3. The van der Waals surface area contributed by atoms with E-state index in [1.807, 2.05) is 0 Å². The second kappa shape index (κ2) is 7.42. The number of thioether (sulfide) groups is 1. The first-order valence-electron chi connectivity index (χ1n) is 9.52. The lowest BCUT2D eigenvalue weighted by Gasteiger charge is -2.24. The maximum atomic E-state index is 13.0. The molecule has 0 atom stereocenters. The smallest absolute Gasteiger partial charge is 0.283 e. The molecule has 5 rings (SSSR count). The van der Waals surface area contributed by atoms with Gasteiger partial charge in [0.15, 0.2) is 20.4 Å². The number of methoxy groups -OCH3 is 1. The van der Waals surface area contributed by atoms with Gasteiger partial charge in [0.25, 0.3) is 5.91 Å². The van der Waals surface area contributed by atoms with Gasteiger partial charge in [-0.15, -0.1) is 0 Å². The first-order valence-corrected chi connectivity index (χ1v) is 12.2. The number of sulfone groups is 1. The fraction of sp³-hybridized carbons (Fsp3) is 0.0909. The van der Waals surface area contributed by atoms with Gasteiger partial charge in [-0.2, -0.15) is 4.99 Å². The third-order valence-corrected chi connectivity index (χ3v) is 7.32. The highest BCUT2D eigenvalue weighted by Gasteiger charge is 2.38. The topological polar surface area (TPSA) is 130 Å². The summed E-state index contributed by atoms with van der Waals surface area (Å²) in [5.41, 5.74) is 0.507. The van der Waals surface area contributed by atoms with E-state index in [0.717, 1.165) is 18.0 Å². The molecule has 1 N–H and O–H groups in total. The Morgan fingerprint density at radius 1 is 1.18 bits per heavy atom. The minimum atomic E-state index is -3.42. The Balaban J connectivity index is 1.60. The molecule has 166 valence electrons. The molecule has 2 aliphatic rings. The molecule has 0 aliphatic carbocycles. The highest BCUT2D eigenvalue weighted by atomic mass is 32.2. The number of nitrogens with one attached hydrogen (secondary N) is 1. The number of anilines is 1. The summed E-state index contributed by atoms with van der Waals surface area (Å²) in [6, 6.07) is 9.32. The third-order valence-electron chi connectivity index (χ3n) is 5.21. The highest BCUT2D eigenvalue weighted by molar-refractivity contribution is 8.15. The Morgan fingerprint density at radius 2 is 1.97 bits per heavy atom. The van der Waals surface area contributed by atoms with Gasteiger partial charge >= 0.3 is 0 Å². The van der Waals surface area contributed by atoms with Crippen LogP contribution in [-0.2, 0) is 14.6 Å². The number of benzene rings is 2. The van der Waals surface area contributed by atoms with Crippen molar-refractivity contribution in [3.8, 4) is 5.75 Å². The minimum Gasteiger partial charge on any atom is -0.497 e. The average Bonchev–Trinajstić information content (AvgIpc) is 3.14. The second-order valence-corrected chi connectivity index (χ2v) is 10.4. The number of rotatable bonds is 3. The maximum absolute atomic E-state index is 13.0. The first kappa shape index (κ1) is 21.2. The van der Waals surface area contributed by atoms with E-state index in [1.165, 1.54) is 36.5 Å². The van der Waals surface area contributed by atoms with Crippen molar-refractivity contribution in [2.24, 2.45) is 4.99 Å². The first-order chi connectivity index (χ1) is 15.7. The zero-order valence-corrected chi connectivity index (χ0v) is 18.9. The van der Waals surface area contributed by atoms with Crippen molar-refractivity contribution in [1.29, 1.82) is 5.41 Å². The summed E-state index contributed by atoms with van der Waals surface area (Å²) in [5, 5.41) is 9.15. The molecule has 0 unspecified atom stereocenters. The van der Waals surface area contributed by atoms with Crippen LogP contribution in [0.1, 0.15) is 5.56 Å². The number of carbonyl (C=O) groups is 1. The average molecular weight is 482 g/mol. The summed E-state index contributed by atoms with van der Waals surface area (Å²) in [6.45, 7) is 0. The Labute approximate surface area is 191 Å². The molecule has 1 amide bonds. The van der Waals surface area contributed by atoms with Gasteiger partial charge in [-0.1, -0.05) is 0 Å². The Hall–Kier alpha value is -3.70. The normalized spacial score (nSPS) is 16.7. The number of carbonyl (C=O) groups excluding carboxylic acids is 1. The van der Waals surface area contributed by atoms with E-state index >= 15 is 0 Å². The van der Waals surface area contributed by atoms with Gasteiger partial charge in [0.05, 0.1) is 34.2 Å².